The molecule has 1 heterocycles. The van der Waals surface area contributed by atoms with Gasteiger partial charge in [-0.15, -0.1) is 11.6 Å². The van der Waals surface area contributed by atoms with E-state index in [9.17, 15) is 4.39 Å². The van der Waals surface area contributed by atoms with Crippen molar-refractivity contribution in [1.82, 2.24) is 0 Å². The zero-order valence-electron chi connectivity index (χ0n) is 10.00. The van der Waals surface area contributed by atoms with Gasteiger partial charge < -0.3 is 4.74 Å². The normalized spacial score (nSPS) is 14.9. The zero-order chi connectivity index (χ0) is 13.4. The molecule has 2 aromatic carbocycles. The van der Waals surface area contributed by atoms with Crippen molar-refractivity contribution in [3.63, 3.8) is 0 Å². The van der Waals surface area contributed by atoms with E-state index in [0.29, 0.717) is 4.47 Å². The Morgan fingerprint density at radius 2 is 2.05 bits per heavy atom. The molecule has 0 spiro atoms. The van der Waals surface area contributed by atoms with Crippen molar-refractivity contribution < 1.29 is 9.13 Å². The highest BCUT2D eigenvalue weighted by Crippen LogP contribution is 2.37. The number of hydrogen-bond acceptors (Lipinski definition) is 1. The molecule has 98 valence electrons. The van der Waals surface area contributed by atoms with Crippen LogP contribution in [0.4, 0.5) is 4.39 Å². The third kappa shape index (κ3) is 2.49. The third-order valence-electron chi connectivity index (χ3n) is 3.24. The molecular formula is C15H11BrClFO. The fourth-order valence-electron chi connectivity index (χ4n) is 2.25. The van der Waals surface area contributed by atoms with Crippen LogP contribution in [0.2, 0.25) is 0 Å². The van der Waals surface area contributed by atoms with Crippen molar-refractivity contribution in [1.29, 1.82) is 0 Å². The van der Waals surface area contributed by atoms with E-state index in [1.807, 2.05) is 12.1 Å². The Labute approximate surface area is 124 Å². The first-order chi connectivity index (χ1) is 9.15. The van der Waals surface area contributed by atoms with E-state index < -0.39 is 0 Å². The monoisotopic (exact) mass is 340 g/mol. The second-order valence-electron chi connectivity index (χ2n) is 4.49. The first-order valence-electron chi connectivity index (χ1n) is 6.00. The maximum Gasteiger partial charge on any atom is 0.124 e. The summed E-state index contributed by atoms with van der Waals surface area (Å²) in [6, 6.07) is 10.5. The average Bonchev–Trinajstić information content (AvgIpc) is 2.85. The van der Waals surface area contributed by atoms with E-state index in [4.69, 9.17) is 16.3 Å². The van der Waals surface area contributed by atoms with Gasteiger partial charge >= 0.3 is 0 Å². The molecule has 0 N–H and O–H groups in total. The molecule has 0 saturated heterocycles. The van der Waals surface area contributed by atoms with Gasteiger partial charge in [0.1, 0.15) is 11.6 Å². The summed E-state index contributed by atoms with van der Waals surface area (Å²) in [5.41, 5.74) is 3.04. The third-order valence-corrected chi connectivity index (χ3v) is 4.42. The molecule has 0 bridgehead atoms. The maximum absolute atomic E-state index is 13.1. The van der Waals surface area contributed by atoms with Crippen LogP contribution < -0.4 is 4.74 Å². The summed E-state index contributed by atoms with van der Waals surface area (Å²) in [4.78, 5) is 0. The summed E-state index contributed by atoms with van der Waals surface area (Å²) < 4.78 is 19.3. The Kier molecular flexibility index (Phi) is 3.50. The Bertz CT molecular complexity index is 630. The summed E-state index contributed by atoms with van der Waals surface area (Å²) in [7, 11) is 0. The van der Waals surface area contributed by atoms with Gasteiger partial charge in [-0.1, -0.05) is 34.1 Å². The number of rotatable bonds is 2. The molecule has 1 atom stereocenters. The number of fused-ring (bicyclic) bond motifs is 1. The van der Waals surface area contributed by atoms with Gasteiger partial charge in [-0.25, -0.2) is 4.39 Å². The van der Waals surface area contributed by atoms with Crippen LogP contribution in [0.25, 0.3) is 0 Å². The molecule has 1 aliphatic rings. The molecule has 2 aromatic rings. The fourth-order valence-corrected chi connectivity index (χ4v) is 3.29. The van der Waals surface area contributed by atoms with Crippen molar-refractivity contribution in [2.75, 3.05) is 6.61 Å². The molecule has 0 saturated carbocycles. The topological polar surface area (TPSA) is 9.23 Å². The highest BCUT2D eigenvalue weighted by atomic mass is 79.9. The van der Waals surface area contributed by atoms with Crippen LogP contribution in [0.3, 0.4) is 0 Å². The molecule has 1 aliphatic heterocycles. The summed E-state index contributed by atoms with van der Waals surface area (Å²) >= 11 is 9.86. The smallest absolute Gasteiger partial charge is 0.124 e. The minimum absolute atomic E-state index is 0.276. The van der Waals surface area contributed by atoms with Gasteiger partial charge in [-0.05, 0) is 34.9 Å². The van der Waals surface area contributed by atoms with Crippen molar-refractivity contribution in [3.05, 3.63) is 63.4 Å². The molecule has 0 aliphatic carbocycles. The zero-order valence-corrected chi connectivity index (χ0v) is 12.3. The largest absolute Gasteiger partial charge is 0.493 e. The van der Waals surface area contributed by atoms with E-state index in [-0.39, 0.29) is 11.2 Å². The minimum Gasteiger partial charge on any atom is -0.493 e. The van der Waals surface area contributed by atoms with Crippen LogP contribution >= 0.6 is 27.5 Å². The summed E-state index contributed by atoms with van der Waals surface area (Å²) in [6.07, 6.45) is 0.914. The van der Waals surface area contributed by atoms with Gasteiger partial charge in [0.05, 0.1) is 12.0 Å². The van der Waals surface area contributed by atoms with Crippen LogP contribution in [0.5, 0.6) is 5.75 Å². The van der Waals surface area contributed by atoms with Crippen molar-refractivity contribution in [3.8, 4) is 5.75 Å². The lowest BCUT2D eigenvalue weighted by Gasteiger charge is -2.13. The lowest BCUT2D eigenvalue weighted by Crippen LogP contribution is -1.96. The number of alkyl halides is 1. The first kappa shape index (κ1) is 12.9. The molecule has 3 rings (SSSR count). The van der Waals surface area contributed by atoms with Crippen LogP contribution in [0.1, 0.15) is 22.1 Å². The number of ether oxygens (including phenoxy) is 1. The molecule has 1 nitrogen and oxygen atoms in total. The van der Waals surface area contributed by atoms with Crippen molar-refractivity contribution >= 4 is 27.5 Å². The van der Waals surface area contributed by atoms with E-state index in [0.717, 1.165) is 29.9 Å². The Balaban J connectivity index is 1.97. The molecule has 4 heteroatoms. The lowest BCUT2D eigenvalue weighted by molar-refractivity contribution is 0.357. The molecule has 19 heavy (non-hydrogen) atoms. The standard InChI is InChI=1S/C15H11BrClFO/c16-13-8-11(18)2-3-12(13)15(17)10-1-4-14-9(7-10)5-6-19-14/h1-4,7-8,15H,5-6H2. The number of halogens is 3. The summed E-state index contributed by atoms with van der Waals surface area (Å²) in [5, 5.41) is -0.305. The minimum atomic E-state index is -0.305. The molecular weight excluding hydrogens is 331 g/mol. The van der Waals surface area contributed by atoms with E-state index in [2.05, 4.69) is 22.0 Å². The highest BCUT2D eigenvalue weighted by molar-refractivity contribution is 9.10. The van der Waals surface area contributed by atoms with Crippen LogP contribution in [0.15, 0.2) is 40.9 Å². The molecule has 0 fully saturated rings. The van der Waals surface area contributed by atoms with Gasteiger partial charge in [-0.3, -0.25) is 0 Å². The quantitative estimate of drug-likeness (QED) is 0.709. The highest BCUT2D eigenvalue weighted by Gasteiger charge is 2.18. The molecule has 1 unspecified atom stereocenters. The number of hydrogen-bond donors (Lipinski definition) is 0. The molecule has 0 radical (unpaired) electrons. The van der Waals surface area contributed by atoms with Crippen LogP contribution in [0, 0.1) is 5.82 Å². The summed E-state index contributed by atoms with van der Waals surface area (Å²) in [6.45, 7) is 0.728. The Morgan fingerprint density at radius 1 is 1.21 bits per heavy atom. The van der Waals surface area contributed by atoms with Crippen molar-refractivity contribution in [2.24, 2.45) is 0 Å². The van der Waals surface area contributed by atoms with Gasteiger partial charge in [-0.2, -0.15) is 0 Å². The Hall–Kier alpha value is -1.06. The van der Waals surface area contributed by atoms with Gasteiger partial charge in [0.2, 0.25) is 0 Å². The molecule has 0 amide bonds. The molecule has 0 aromatic heterocycles. The van der Waals surface area contributed by atoms with E-state index in [1.165, 1.54) is 17.7 Å². The van der Waals surface area contributed by atoms with E-state index >= 15 is 0 Å². The van der Waals surface area contributed by atoms with Gasteiger partial charge in [0.25, 0.3) is 0 Å². The average molecular weight is 342 g/mol. The Morgan fingerprint density at radius 3 is 2.84 bits per heavy atom. The van der Waals surface area contributed by atoms with Gasteiger partial charge in [0.15, 0.2) is 0 Å². The first-order valence-corrected chi connectivity index (χ1v) is 7.23. The van der Waals surface area contributed by atoms with Crippen LogP contribution in [-0.4, -0.2) is 6.61 Å². The fraction of sp³-hybridized carbons (Fsp3) is 0.200. The second-order valence-corrected chi connectivity index (χ2v) is 5.78. The number of benzene rings is 2. The second kappa shape index (κ2) is 5.14. The lowest BCUT2D eigenvalue weighted by atomic mass is 10.0. The van der Waals surface area contributed by atoms with Gasteiger partial charge in [0, 0.05) is 10.9 Å². The maximum atomic E-state index is 13.1. The summed E-state index contributed by atoms with van der Waals surface area (Å²) in [5.74, 6) is 0.660. The van der Waals surface area contributed by atoms with Crippen molar-refractivity contribution in [2.45, 2.75) is 11.8 Å². The van der Waals surface area contributed by atoms with Crippen LogP contribution in [-0.2, 0) is 6.42 Å². The van der Waals surface area contributed by atoms with E-state index in [1.54, 1.807) is 6.07 Å². The predicted octanol–water partition coefficient (Wildman–Crippen LogP) is 4.85. The predicted molar refractivity (Wildman–Crippen MR) is 77.4 cm³/mol. The SMILES string of the molecule is Fc1ccc(C(Cl)c2ccc3c(c2)CCO3)c(Br)c1.